The first-order valence-electron chi connectivity index (χ1n) is 4.36. The highest BCUT2D eigenvalue weighted by Gasteiger charge is 2.48. The molecule has 0 amide bonds. The van der Waals surface area contributed by atoms with Gasteiger partial charge < -0.3 is 5.11 Å². The van der Waals surface area contributed by atoms with E-state index >= 15 is 0 Å². The molecule has 3 nitrogen and oxygen atoms in total. The summed E-state index contributed by atoms with van der Waals surface area (Å²) in [5.41, 5.74) is 0.0326. The summed E-state index contributed by atoms with van der Waals surface area (Å²) in [5, 5.41) is 10.2. The largest absolute Gasteiger partial charge is 0.507 e. The zero-order chi connectivity index (χ0) is 11.1. The van der Waals surface area contributed by atoms with Crippen LogP contribution >= 0.6 is 27.5 Å². The number of hydrogen-bond acceptors (Lipinski definition) is 3. The quantitative estimate of drug-likeness (QED) is 0.671. The van der Waals surface area contributed by atoms with Gasteiger partial charge in [0.1, 0.15) is 11.3 Å². The van der Waals surface area contributed by atoms with Crippen molar-refractivity contribution in [3.63, 3.8) is 0 Å². The minimum atomic E-state index is -0.588. The molecule has 0 saturated heterocycles. The predicted molar refractivity (Wildman–Crippen MR) is 59.9 cm³/mol. The van der Waals surface area contributed by atoms with Crippen LogP contribution in [0.5, 0.6) is 5.75 Å². The Kier molecular flexibility index (Phi) is 2.59. The highest BCUT2D eigenvalue weighted by molar-refractivity contribution is 9.10. The first-order valence-corrected chi connectivity index (χ1v) is 5.54. The van der Waals surface area contributed by atoms with Crippen LogP contribution in [0.3, 0.4) is 0 Å². The van der Waals surface area contributed by atoms with Crippen LogP contribution in [0, 0.1) is 0 Å². The Morgan fingerprint density at radius 2 is 2.20 bits per heavy atom. The van der Waals surface area contributed by atoms with Crippen LogP contribution in [0.4, 0.5) is 0 Å². The number of rotatable bonds is 2. The van der Waals surface area contributed by atoms with E-state index in [-0.39, 0.29) is 5.75 Å². The molecule has 2 rings (SSSR count). The van der Waals surface area contributed by atoms with E-state index in [0.29, 0.717) is 15.1 Å². The third kappa shape index (κ3) is 1.81. The topological polar surface area (TPSA) is 49.7 Å². The van der Waals surface area contributed by atoms with Crippen molar-refractivity contribution in [3.05, 3.63) is 27.2 Å². The van der Waals surface area contributed by atoms with Crippen LogP contribution < -0.4 is 0 Å². The van der Waals surface area contributed by atoms with E-state index in [1.54, 1.807) is 12.1 Å². The average molecular weight is 289 g/mol. The Labute approximate surface area is 99.9 Å². The number of aromatic hydroxyl groups is 1. The van der Waals surface area contributed by atoms with Gasteiger partial charge in [0.2, 0.25) is 6.08 Å². The van der Waals surface area contributed by atoms with Gasteiger partial charge in [-0.2, -0.15) is 4.99 Å². The van der Waals surface area contributed by atoms with Crippen molar-refractivity contribution < 1.29 is 9.90 Å². The average Bonchev–Trinajstić information content (AvgIpc) is 2.83. The molecule has 0 aliphatic heterocycles. The summed E-state index contributed by atoms with van der Waals surface area (Å²) in [6.07, 6.45) is 3.04. The van der Waals surface area contributed by atoms with Crippen molar-refractivity contribution in [2.24, 2.45) is 4.99 Å². The number of phenolic OH excluding ortho intramolecular Hbond substituents is 1. The van der Waals surface area contributed by atoms with E-state index in [0.717, 1.165) is 12.8 Å². The molecule has 0 aromatic heterocycles. The van der Waals surface area contributed by atoms with Gasteiger partial charge in [-0.15, -0.1) is 0 Å². The van der Waals surface area contributed by atoms with Crippen molar-refractivity contribution in [2.45, 2.75) is 18.4 Å². The molecular formula is C10H7BrClNO2. The molecule has 1 saturated carbocycles. The van der Waals surface area contributed by atoms with Gasteiger partial charge in [-0.05, 0) is 25.0 Å². The molecule has 0 spiro atoms. The lowest BCUT2D eigenvalue weighted by molar-refractivity contribution is 0.458. The smallest absolute Gasteiger partial charge is 0.235 e. The molecular weight excluding hydrogens is 281 g/mol. The van der Waals surface area contributed by atoms with Gasteiger partial charge in [-0.3, -0.25) is 0 Å². The van der Waals surface area contributed by atoms with Gasteiger partial charge in [-0.1, -0.05) is 27.5 Å². The molecule has 1 fully saturated rings. The van der Waals surface area contributed by atoms with Gasteiger partial charge in [-0.25, -0.2) is 4.79 Å². The lowest BCUT2D eigenvalue weighted by Gasteiger charge is -2.13. The van der Waals surface area contributed by atoms with E-state index in [2.05, 4.69) is 20.9 Å². The van der Waals surface area contributed by atoms with E-state index in [4.69, 9.17) is 11.6 Å². The lowest BCUT2D eigenvalue weighted by atomic mass is 10.0. The fourth-order valence-electron chi connectivity index (χ4n) is 1.64. The molecule has 0 atom stereocenters. The predicted octanol–water partition coefficient (Wildman–Crippen LogP) is 3.13. The van der Waals surface area contributed by atoms with Crippen LogP contribution in [0.2, 0.25) is 5.02 Å². The molecule has 1 aromatic carbocycles. The van der Waals surface area contributed by atoms with Crippen LogP contribution in [0.1, 0.15) is 18.4 Å². The fraction of sp³-hybridized carbons (Fsp3) is 0.300. The van der Waals surface area contributed by atoms with E-state index in [1.807, 2.05) is 0 Å². The summed E-state index contributed by atoms with van der Waals surface area (Å²) in [7, 11) is 0. The van der Waals surface area contributed by atoms with Crippen LogP contribution in [-0.2, 0) is 10.3 Å². The zero-order valence-corrected chi connectivity index (χ0v) is 9.97. The molecule has 0 heterocycles. The lowest BCUT2D eigenvalue weighted by Crippen LogP contribution is -2.03. The second kappa shape index (κ2) is 3.63. The summed E-state index contributed by atoms with van der Waals surface area (Å²) in [6.45, 7) is 0. The Bertz CT molecular complexity index is 441. The van der Waals surface area contributed by atoms with Crippen LogP contribution in [0.25, 0.3) is 0 Å². The summed E-state index contributed by atoms with van der Waals surface area (Å²) in [4.78, 5) is 14.1. The number of aliphatic imine (C=N–C) groups is 1. The third-order valence-electron chi connectivity index (χ3n) is 2.48. The molecule has 0 radical (unpaired) electrons. The van der Waals surface area contributed by atoms with E-state index < -0.39 is 5.54 Å². The summed E-state index contributed by atoms with van der Waals surface area (Å²) in [5.74, 6) is 0.0610. The van der Waals surface area contributed by atoms with Crippen molar-refractivity contribution in [1.29, 1.82) is 0 Å². The molecule has 1 aromatic rings. The van der Waals surface area contributed by atoms with Crippen molar-refractivity contribution in [3.8, 4) is 5.75 Å². The van der Waals surface area contributed by atoms with E-state index in [9.17, 15) is 9.90 Å². The maximum atomic E-state index is 10.3. The number of isocyanates is 1. The SMILES string of the molecule is O=C=NC1(c2c(O)cc(Cl)cc2Br)CC1. The second-order valence-electron chi connectivity index (χ2n) is 3.52. The normalized spacial score (nSPS) is 16.9. The van der Waals surface area contributed by atoms with Crippen LogP contribution in [0.15, 0.2) is 21.6 Å². The first kappa shape index (κ1) is 10.7. The Morgan fingerprint density at radius 1 is 1.53 bits per heavy atom. The van der Waals surface area contributed by atoms with Gasteiger partial charge in [0.05, 0.1) is 0 Å². The molecule has 15 heavy (non-hydrogen) atoms. The van der Waals surface area contributed by atoms with Gasteiger partial charge >= 0.3 is 0 Å². The molecule has 0 unspecified atom stereocenters. The molecule has 1 aliphatic rings. The van der Waals surface area contributed by atoms with Crippen molar-refractivity contribution in [1.82, 2.24) is 0 Å². The fourth-order valence-corrected chi connectivity index (χ4v) is 2.81. The highest BCUT2D eigenvalue weighted by Crippen LogP contribution is 2.54. The highest BCUT2D eigenvalue weighted by atomic mass is 79.9. The van der Waals surface area contributed by atoms with Crippen molar-refractivity contribution in [2.75, 3.05) is 0 Å². The third-order valence-corrected chi connectivity index (χ3v) is 3.33. The second-order valence-corrected chi connectivity index (χ2v) is 4.81. The Morgan fingerprint density at radius 3 is 2.67 bits per heavy atom. The number of hydrogen-bond donors (Lipinski definition) is 1. The minimum absolute atomic E-state index is 0.0610. The maximum absolute atomic E-state index is 10.3. The standard InChI is InChI=1S/C10H7BrClNO2/c11-7-3-6(12)4-8(15)9(7)10(1-2-10)13-5-14/h3-4,15H,1-2H2. The van der Waals surface area contributed by atoms with Crippen molar-refractivity contribution >= 4 is 33.6 Å². The van der Waals surface area contributed by atoms with E-state index in [1.165, 1.54) is 6.07 Å². The maximum Gasteiger partial charge on any atom is 0.235 e. The minimum Gasteiger partial charge on any atom is -0.507 e. The van der Waals surface area contributed by atoms with Gasteiger partial charge in [0.15, 0.2) is 0 Å². The number of benzene rings is 1. The number of halogens is 2. The van der Waals surface area contributed by atoms with Gasteiger partial charge in [0, 0.05) is 15.1 Å². The number of nitrogens with zero attached hydrogens (tertiary/aromatic N) is 1. The van der Waals surface area contributed by atoms with Crippen LogP contribution in [-0.4, -0.2) is 11.2 Å². The molecule has 5 heteroatoms. The number of carbonyl (C=O) groups excluding carboxylic acids is 1. The summed E-state index contributed by atoms with van der Waals surface area (Å²) in [6, 6.07) is 3.12. The Balaban J connectivity index is 2.58. The molecule has 0 bridgehead atoms. The molecule has 78 valence electrons. The first-order chi connectivity index (χ1) is 7.09. The monoisotopic (exact) mass is 287 g/mol. The molecule has 1 N–H and O–H groups in total. The summed E-state index contributed by atoms with van der Waals surface area (Å²) < 4.78 is 0.670. The molecule has 1 aliphatic carbocycles. The zero-order valence-electron chi connectivity index (χ0n) is 7.63. The van der Waals surface area contributed by atoms with Gasteiger partial charge in [0.25, 0.3) is 0 Å². The number of phenols is 1. The Hall–Kier alpha value is -0.830. The summed E-state index contributed by atoms with van der Waals surface area (Å²) >= 11 is 9.08.